The number of alkyl halides is 3. The minimum Gasteiger partial charge on any atom is -0.393 e. The highest BCUT2D eigenvalue weighted by Gasteiger charge is 2.32. The molecule has 90 valence electrons. The number of halogens is 3. The van der Waals surface area contributed by atoms with Crippen molar-refractivity contribution in [3.63, 3.8) is 0 Å². The lowest BCUT2D eigenvalue weighted by molar-refractivity contribution is -0.137. The van der Waals surface area contributed by atoms with Gasteiger partial charge in [0, 0.05) is 12.6 Å². The normalized spacial score (nSPS) is 13.8. The Morgan fingerprint density at radius 3 is 2.62 bits per heavy atom. The monoisotopic (exact) mass is 251 g/mol. The standard InChI is InChI=1S/C9H12F3N3S/c1-2-7(3-8(13)16)15-5-6(4-14-15)9(10,11)12/h4-5,7H,2-3H2,1H3,(H2,13,16). The van der Waals surface area contributed by atoms with Gasteiger partial charge in [0.1, 0.15) is 0 Å². The second-order valence-electron chi connectivity index (χ2n) is 3.44. The van der Waals surface area contributed by atoms with Gasteiger partial charge in [-0.2, -0.15) is 18.3 Å². The summed E-state index contributed by atoms with van der Waals surface area (Å²) < 4.78 is 38.2. The maximum absolute atomic E-state index is 12.3. The van der Waals surface area contributed by atoms with Gasteiger partial charge in [-0.1, -0.05) is 19.1 Å². The van der Waals surface area contributed by atoms with Crippen LogP contribution in [0.4, 0.5) is 13.2 Å². The Balaban J connectivity index is 2.87. The van der Waals surface area contributed by atoms with Crippen molar-refractivity contribution in [2.45, 2.75) is 32.0 Å². The molecule has 1 unspecified atom stereocenters. The zero-order chi connectivity index (χ0) is 12.3. The van der Waals surface area contributed by atoms with E-state index >= 15 is 0 Å². The van der Waals surface area contributed by atoms with Gasteiger partial charge in [0.2, 0.25) is 0 Å². The molecule has 0 bridgehead atoms. The van der Waals surface area contributed by atoms with Gasteiger partial charge in [-0.3, -0.25) is 4.68 Å². The van der Waals surface area contributed by atoms with Crippen LogP contribution in [0.15, 0.2) is 12.4 Å². The summed E-state index contributed by atoms with van der Waals surface area (Å²) in [5.41, 5.74) is 4.61. The van der Waals surface area contributed by atoms with Crippen LogP contribution in [0.1, 0.15) is 31.4 Å². The van der Waals surface area contributed by atoms with Gasteiger partial charge in [-0.25, -0.2) is 0 Å². The van der Waals surface area contributed by atoms with Crippen LogP contribution in [0.25, 0.3) is 0 Å². The molecule has 1 aromatic rings. The molecule has 0 spiro atoms. The first kappa shape index (κ1) is 13.0. The minimum atomic E-state index is -4.36. The van der Waals surface area contributed by atoms with Crippen LogP contribution < -0.4 is 5.73 Å². The smallest absolute Gasteiger partial charge is 0.393 e. The highest BCUT2D eigenvalue weighted by Crippen LogP contribution is 2.29. The van der Waals surface area contributed by atoms with Gasteiger partial charge in [-0.15, -0.1) is 0 Å². The zero-order valence-electron chi connectivity index (χ0n) is 8.66. The lowest BCUT2D eigenvalue weighted by atomic mass is 10.1. The molecule has 0 radical (unpaired) electrons. The molecular formula is C9H12F3N3S. The summed E-state index contributed by atoms with van der Waals surface area (Å²) in [5, 5.41) is 3.69. The van der Waals surface area contributed by atoms with E-state index in [0.717, 1.165) is 12.4 Å². The number of hydrogen-bond donors (Lipinski definition) is 1. The Bertz CT molecular complexity index is 372. The fraction of sp³-hybridized carbons (Fsp3) is 0.556. The van der Waals surface area contributed by atoms with E-state index < -0.39 is 11.7 Å². The predicted octanol–water partition coefficient (Wildman–Crippen LogP) is 2.53. The molecule has 2 N–H and O–H groups in total. The first-order chi connectivity index (χ1) is 7.34. The summed E-state index contributed by atoms with van der Waals surface area (Å²) >= 11 is 4.73. The van der Waals surface area contributed by atoms with Crippen molar-refractivity contribution in [2.75, 3.05) is 0 Å². The molecule has 1 heterocycles. The van der Waals surface area contributed by atoms with Crippen LogP contribution in [0.5, 0.6) is 0 Å². The van der Waals surface area contributed by atoms with Gasteiger partial charge in [0.05, 0.1) is 22.8 Å². The fourth-order valence-electron chi connectivity index (χ4n) is 1.34. The highest BCUT2D eigenvalue weighted by molar-refractivity contribution is 7.80. The predicted molar refractivity (Wildman–Crippen MR) is 58.0 cm³/mol. The molecule has 7 heteroatoms. The molecule has 0 aliphatic rings. The minimum absolute atomic E-state index is 0.214. The highest BCUT2D eigenvalue weighted by atomic mass is 32.1. The lowest BCUT2D eigenvalue weighted by Crippen LogP contribution is -2.18. The van der Waals surface area contributed by atoms with Crippen molar-refractivity contribution in [3.8, 4) is 0 Å². The van der Waals surface area contributed by atoms with Gasteiger partial charge in [0.15, 0.2) is 0 Å². The largest absolute Gasteiger partial charge is 0.419 e. The van der Waals surface area contributed by atoms with Crippen molar-refractivity contribution < 1.29 is 13.2 Å². The van der Waals surface area contributed by atoms with Crippen molar-refractivity contribution in [3.05, 3.63) is 18.0 Å². The maximum atomic E-state index is 12.3. The van der Waals surface area contributed by atoms with Crippen molar-refractivity contribution in [1.82, 2.24) is 9.78 Å². The number of thiocarbonyl (C=S) groups is 1. The summed E-state index contributed by atoms with van der Waals surface area (Å²) in [5.74, 6) is 0. The van der Waals surface area contributed by atoms with E-state index in [1.807, 2.05) is 6.92 Å². The molecule has 0 aliphatic carbocycles. The third-order valence-electron chi connectivity index (χ3n) is 2.21. The van der Waals surface area contributed by atoms with E-state index in [2.05, 4.69) is 5.10 Å². The molecule has 1 atom stereocenters. The molecule has 3 nitrogen and oxygen atoms in total. The van der Waals surface area contributed by atoms with Crippen LogP contribution in [0.2, 0.25) is 0 Å². The second kappa shape index (κ2) is 4.82. The first-order valence-electron chi connectivity index (χ1n) is 4.74. The SMILES string of the molecule is CCC(CC(N)=S)n1cc(C(F)(F)F)cn1. The topological polar surface area (TPSA) is 43.8 Å². The van der Waals surface area contributed by atoms with Crippen LogP contribution in [-0.2, 0) is 6.18 Å². The summed E-state index contributed by atoms with van der Waals surface area (Å²) in [6, 6.07) is -0.214. The van der Waals surface area contributed by atoms with E-state index in [9.17, 15) is 13.2 Å². The molecular weight excluding hydrogens is 239 g/mol. The molecule has 0 saturated carbocycles. The second-order valence-corrected chi connectivity index (χ2v) is 3.96. The molecule has 0 amide bonds. The average molecular weight is 251 g/mol. The third kappa shape index (κ3) is 3.19. The first-order valence-corrected chi connectivity index (χ1v) is 5.15. The van der Waals surface area contributed by atoms with Gasteiger partial charge in [0.25, 0.3) is 0 Å². The van der Waals surface area contributed by atoms with Crippen LogP contribution in [0, 0.1) is 0 Å². The van der Waals surface area contributed by atoms with E-state index in [-0.39, 0.29) is 11.0 Å². The summed E-state index contributed by atoms with van der Waals surface area (Å²) in [4.78, 5) is 0.274. The van der Waals surface area contributed by atoms with Gasteiger partial charge >= 0.3 is 6.18 Å². The number of hydrogen-bond acceptors (Lipinski definition) is 2. The third-order valence-corrected chi connectivity index (χ3v) is 2.38. The number of nitrogens with zero attached hydrogens (tertiary/aromatic N) is 2. The molecule has 0 aromatic carbocycles. The Morgan fingerprint density at radius 2 is 2.25 bits per heavy atom. The zero-order valence-corrected chi connectivity index (χ0v) is 9.48. The van der Waals surface area contributed by atoms with Gasteiger partial charge in [-0.05, 0) is 6.42 Å². The maximum Gasteiger partial charge on any atom is 0.419 e. The van der Waals surface area contributed by atoms with E-state index in [4.69, 9.17) is 18.0 Å². The van der Waals surface area contributed by atoms with Crippen molar-refractivity contribution >= 4 is 17.2 Å². The molecule has 0 fully saturated rings. The molecule has 0 saturated heterocycles. The Morgan fingerprint density at radius 1 is 1.62 bits per heavy atom. The molecule has 1 aromatic heterocycles. The van der Waals surface area contributed by atoms with Crippen LogP contribution in [-0.4, -0.2) is 14.8 Å². The molecule has 0 aliphatic heterocycles. The Hall–Kier alpha value is -1.11. The quantitative estimate of drug-likeness (QED) is 0.836. The van der Waals surface area contributed by atoms with Crippen LogP contribution in [0.3, 0.4) is 0 Å². The summed E-state index contributed by atoms with van der Waals surface area (Å²) in [7, 11) is 0. The number of aromatic nitrogens is 2. The van der Waals surface area contributed by atoms with E-state index in [1.165, 1.54) is 4.68 Å². The Kier molecular flexibility index (Phi) is 3.90. The van der Waals surface area contributed by atoms with E-state index in [1.54, 1.807) is 0 Å². The average Bonchev–Trinajstić information content (AvgIpc) is 2.61. The van der Waals surface area contributed by atoms with Gasteiger partial charge < -0.3 is 5.73 Å². The molecule has 1 rings (SSSR count). The summed E-state index contributed by atoms with van der Waals surface area (Å²) in [6.07, 6.45) is -1.60. The fourth-order valence-corrected chi connectivity index (χ4v) is 1.53. The number of rotatable bonds is 4. The van der Waals surface area contributed by atoms with E-state index in [0.29, 0.717) is 12.8 Å². The lowest BCUT2D eigenvalue weighted by Gasteiger charge is -2.14. The summed E-state index contributed by atoms with van der Waals surface area (Å²) in [6.45, 7) is 1.85. The van der Waals surface area contributed by atoms with Crippen LogP contribution >= 0.6 is 12.2 Å². The Labute approximate surface area is 96.4 Å². The number of nitrogens with two attached hydrogens (primary N) is 1. The van der Waals surface area contributed by atoms with Crippen molar-refractivity contribution in [2.24, 2.45) is 5.73 Å². The van der Waals surface area contributed by atoms with Crippen molar-refractivity contribution in [1.29, 1.82) is 0 Å². The molecule has 16 heavy (non-hydrogen) atoms.